The van der Waals surface area contributed by atoms with Gasteiger partial charge in [-0.05, 0) is 64.2 Å². The first kappa shape index (κ1) is 17.8. The summed E-state index contributed by atoms with van der Waals surface area (Å²) in [5, 5.41) is 0. The number of amides is 1. The first-order valence-corrected chi connectivity index (χ1v) is 10.3. The Morgan fingerprint density at radius 3 is 2.85 bits per heavy atom. The minimum Gasteiger partial charge on any atom is -0.444 e. The topological polar surface area (TPSA) is 58.2 Å². The lowest BCUT2D eigenvalue weighted by Crippen LogP contribution is -2.43. The molecule has 26 heavy (non-hydrogen) atoms. The molecule has 2 aromatic rings. The highest BCUT2D eigenvalue weighted by Gasteiger charge is 2.47. The third-order valence-corrected chi connectivity index (χ3v) is 5.96. The van der Waals surface area contributed by atoms with Crippen LogP contribution < -0.4 is 0 Å². The number of aromatic amines is 1. The largest absolute Gasteiger partial charge is 0.444 e. The van der Waals surface area contributed by atoms with Crippen molar-refractivity contribution >= 4 is 33.1 Å². The van der Waals surface area contributed by atoms with Crippen LogP contribution in [0.25, 0.3) is 11.0 Å². The maximum atomic E-state index is 13.0. The number of hydrogen-bond donors (Lipinski definition) is 1. The zero-order valence-electron chi connectivity index (χ0n) is 15.6. The van der Waals surface area contributed by atoms with Crippen molar-refractivity contribution in [1.82, 2.24) is 14.9 Å². The molecule has 1 N–H and O–H groups in total. The van der Waals surface area contributed by atoms with Crippen molar-refractivity contribution in [3.8, 4) is 0 Å². The van der Waals surface area contributed by atoms with E-state index in [1.165, 1.54) is 19.3 Å². The Morgan fingerprint density at radius 2 is 2.08 bits per heavy atom. The van der Waals surface area contributed by atoms with E-state index in [2.05, 4.69) is 20.9 Å². The minimum atomic E-state index is -0.493. The van der Waals surface area contributed by atoms with Gasteiger partial charge in [-0.15, -0.1) is 0 Å². The van der Waals surface area contributed by atoms with Crippen LogP contribution in [-0.4, -0.2) is 32.6 Å². The first-order valence-electron chi connectivity index (χ1n) is 9.48. The number of H-pyrrole nitrogens is 1. The Morgan fingerprint density at radius 1 is 1.31 bits per heavy atom. The highest BCUT2D eigenvalue weighted by Crippen LogP contribution is 2.46. The average Bonchev–Trinajstić information content (AvgIpc) is 3.13. The number of carbonyl (C=O) groups is 1. The van der Waals surface area contributed by atoms with E-state index in [4.69, 9.17) is 9.72 Å². The number of carbonyl (C=O) groups excluding carboxylic acids is 1. The SMILES string of the molecule is CC(C)(C)OC(=O)N1[C@H](c2nc3cc(Br)ccc3[nH]2)C[C@@H]2CCCC[C@@H]21. The number of hydrogen-bond acceptors (Lipinski definition) is 3. The van der Waals surface area contributed by atoms with Gasteiger partial charge in [-0.1, -0.05) is 28.8 Å². The Bertz CT molecular complexity index is 826. The van der Waals surface area contributed by atoms with Gasteiger partial charge in [0.1, 0.15) is 11.4 Å². The smallest absolute Gasteiger partial charge is 0.411 e. The van der Waals surface area contributed by atoms with Gasteiger partial charge in [-0.3, -0.25) is 4.90 Å². The fourth-order valence-corrected chi connectivity index (χ4v) is 4.79. The van der Waals surface area contributed by atoms with Gasteiger partial charge in [0.05, 0.1) is 17.1 Å². The number of benzene rings is 1. The molecule has 6 heteroatoms. The third kappa shape index (κ3) is 3.36. The van der Waals surface area contributed by atoms with Gasteiger partial charge in [-0.2, -0.15) is 0 Å². The number of likely N-dealkylation sites (tertiary alicyclic amines) is 1. The van der Waals surface area contributed by atoms with Crippen molar-refractivity contribution in [2.24, 2.45) is 5.92 Å². The summed E-state index contributed by atoms with van der Waals surface area (Å²) in [6.45, 7) is 5.77. The van der Waals surface area contributed by atoms with E-state index >= 15 is 0 Å². The second-order valence-electron chi connectivity index (χ2n) is 8.53. The van der Waals surface area contributed by atoms with Gasteiger partial charge in [0.25, 0.3) is 0 Å². The van der Waals surface area contributed by atoms with Crippen LogP contribution in [0.3, 0.4) is 0 Å². The Kier molecular flexibility index (Phi) is 4.49. The molecule has 3 atom stereocenters. The first-order chi connectivity index (χ1) is 12.3. The lowest BCUT2D eigenvalue weighted by molar-refractivity contribution is 0.00953. The molecule has 1 amide bonds. The van der Waals surface area contributed by atoms with Crippen LogP contribution in [0, 0.1) is 5.92 Å². The van der Waals surface area contributed by atoms with Crippen LogP contribution in [0.5, 0.6) is 0 Å². The van der Waals surface area contributed by atoms with Crippen molar-refractivity contribution in [3.05, 3.63) is 28.5 Å². The summed E-state index contributed by atoms with van der Waals surface area (Å²) in [4.78, 5) is 23.2. The Hall–Kier alpha value is -1.56. The third-order valence-electron chi connectivity index (χ3n) is 5.47. The molecule has 5 nitrogen and oxygen atoms in total. The standard InChI is InChI=1S/C20H26BrN3O2/c1-20(2,3)26-19(25)24-16-7-5-4-6-12(16)10-17(24)18-22-14-9-8-13(21)11-15(14)23-18/h8-9,11-12,16-17H,4-7,10H2,1-3H3,(H,22,23)/t12-,16-,17-/m0/s1. The van der Waals surface area contributed by atoms with Crippen LogP contribution in [0.2, 0.25) is 0 Å². The van der Waals surface area contributed by atoms with E-state index in [1.54, 1.807) is 0 Å². The number of fused-ring (bicyclic) bond motifs is 2. The van der Waals surface area contributed by atoms with E-state index in [0.717, 1.165) is 34.2 Å². The average molecular weight is 420 g/mol. The number of nitrogens with one attached hydrogen (secondary N) is 1. The molecule has 1 aromatic carbocycles. The second-order valence-corrected chi connectivity index (χ2v) is 9.45. The van der Waals surface area contributed by atoms with Crippen LogP contribution >= 0.6 is 15.9 Å². The number of aromatic nitrogens is 2. The van der Waals surface area contributed by atoms with Crippen molar-refractivity contribution in [2.45, 2.75) is 70.6 Å². The Labute approximate surface area is 162 Å². The number of ether oxygens (including phenoxy) is 1. The molecular weight excluding hydrogens is 394 g/mol. The zero-order chi connectivity index (χ0) is 18.5. The molecule has 140 valence electrons. The van der Waals surface area contributed by atoms with Gasteiger partial charge in [0, 0.05) is 10.5 Å². The molecule has 1 saturated carbocycles. The summed E-state index contributed by atoms with van der Waals surface area (Å²) in [6.07, 6.45) is 5.44. The molecule has 4 rings (SSSR count). The summed E-state index contributed by atoms with van der Waals surface area (Å²) in [5.74, 6) is 1.42. The molecule has 2 aliphatic rings. The summed E-state index contributed by atoms with van der Waals surface area (Å²) in [6, 6.07) is 6.27. The molecule has 1 aromatic heterocycles. The maximum Gasteiger partial charge on any atom is 0.411 e. The van der Waals surface area contributed by atoms with Gasteiger partial charge < -0.3 is 9.72 Å². The van der Waals surface area contributed by atoms with E-state index in [-0.39, 0.29) is 18.2 Å². The molecule has 0 bridgehead atoms. The quantitative estimate of drug-likeness (QED) is 0.657. The van der Waals surface area contributed by atoms with Gasteiger partial charge in [0.2, 0.25) is 0 Å². The van der Waals surface area contributed by atoms with Crippen LogP contribution in [0.1, 0.15) is 64.7 Å². The molecule has 1 saturated heterocycles. The van der Waals surface area contributed by atoms with E-state index < -0.39 is 5.60 Å². The normalized spacial score (nSPS) is 26.2. The number of rotatable bonds is 1. The molecule has 1 aliphatic carbocycles. The predicted octanol–water partition coefficient (Wildman–Crippen LogP) is 5.57. The number of nitrogens with zero attached hydrogens (tertiary/aromatic N) is 2. The van der Waals surface area contributed by atoms with Crippen molar-refractivity contribution < 1.29 is 9.53 Å². The van der Waals surface area contributed by atoms with Crippen LogP contribution in [0.15, 0.2) is 22.7 Å². The van der Waals surface area contributed by atoms with Gasteiger partial charge >= 0.3 is 6.09 Å². The number of imidazole rings is 1. The lowest BCUT2D eigenvalue weighted by Gasteiger charge is -2.34. The van der Waals surface area contributed by atoms with E-state index in [9.17, 15) is 4.79 Å². The molecular formula is C20H26BrN3O2. The molecule has 2 fully saturated rings. The summed E-state index contributed by atoms with van der Waals surface area (Å²) < 4.78 is 6.76. The van der Waals surface area contributed by atoms with E-state index in [0.29, 0.717) is 5.92 Å². The summed E-state index contributed by atoms with van der Waals surface area (Å²) in [5.41, 5.74) is 1.43. The van der Waals surface area contributed by atoms with Crippen LogP contribution in [0.4, 0.5) is 4.79 Å². The lowest BCUT2D eigenvalue weighted by atomic mass is 9.85. The molecule has 0 radical (unpaired) electrons. The minimum absolute atomic E-state index is 0.0378. The summed E-state index contributed by atoms with van der Waals surface area (Å²) in [7, 11) is 0. The van der Waals surface area contributed by atoms with Crippen molar-refractivity contribution in [1.29, 1.82) is 0 Å². The monoisotopic (exact) mass is 419 g/mol. The summed E-state index contributed by atoms with van der Waals surface area (Å²) >= 11 is 3.50. The molecule has 2 heterocycles. The molecule has 1 aliphatic heterocycles. The molecule has 0 unspecified atom stereocenters. The van der Waals surface area contributed by atoms with Crippen molar-refractivity contribution in [3.63, 3.8) is 0 Å². The fourth-order valence-electron chi connectivity index (χ4n) is 4.44. The molecule has 0 spiro atoms. The predicted molar refractivity (Wildman–Crippen MR) is 105 cm³/mol. The van der Waals surface area contributed by atoms with Gasteiger partial charge in [-0.25, -0.2) is 9.78 Å². The van der Waals surface area contributed by atoms with Crippen LogP contribution in [-0.2, 0) is 4.74 Å². The fraction of sp³-hybridized carbons (Fsp3) is 0.600. The Balaban J connectivity index is 1.70. The number of halogens is 1. The van der Waals surface area contributed by atoms with Crippen molar-refractivity contribution in [2.75, 3.05) is 0 Å². The second kappa shape index (κ2) is 6.55. The highest BCUT2D eigenvalue weighted by molar-refractivity contribution is 9.10. The van der Waals surface area contributed by atoms with Gasteiger partial charge in [0.15, 0.2) is 0 Å². The highest BCUT2D eigenvalue weighted by atomic mass is 79.9. The maximum absolute atomic E-state index is 13.0. The van der Waals surface area contributed by atoms with E-state index in [1.807, 2.05) is 43.9 Å². The zero-order valence-corrected chi connectivity index (χ0v) is 17.2.